The van der Waals surface area contributed by atoms with Gasteiger partial charge in [0.1, 0.15) is 17.3 Å². The molecule has 35 heavy (non-hydrogen) atoms. The summed E-state index contributed by atoms with van der Waals surface area (Å²) in [5, 5.41) is 11.7. The van der Waals surface area contributed by atoms with Crippen LogP contribution >= 0.6 is 11.3 Å². The first-order chi connectivity index (χ1) is 16.9. The third-order valence-corrected chi connectivity index (χ3v) is 7.94. The number of aryl methyl sites for hydroxylation is 1. The summed E-state index contributed by atoms with van der Waals surface area (Å²) in [6.45, 7) is 1.60. The largest absolute Gasteiger partial charge is 0.497 e. The Morgan fingerprint density at radius 3 is 2.29 bits per heavy atom. The molecule has 0 aliphatic rings. The fraction of sp³-hybridized carbons (Fsp3) is 0.160. The van der Waals surface area contributed by atoms with Gasteiger partial charge in [0.15, 0.2) is 0 Å². The Bertz CT molecular complexity index is 1390. The van der Waals surface area contributed by atoms with Gasteiger partial charge in [0.25, 0.3) is 10.0 Å². The summed E-state index contributed by atoms with van der Waals surface area (Å²) >= 11 is 1.20. The molecule has 1 aromatic heterocycles. The first-order valence-corrected chi connectivity index (χ1v) is 13.1. The fourth-order valence-electron chi connectivity index (χ4n) is 3.35. The minimum atomic E-state index is -3.98. The lowest BCUT2D eigenvalue weighted by molar-refractivity contribution is -0.114. The molecule has 0 radical (unpaired) electrons. The summed E-state index contributed by atoms with van der Waals surface area (Å²) in [6, 6.07) is 22.5. The molecule has 0 saturated carbocycles. The van der Waals surface area contributed by atoms with Crippen LogP contribution in [0.3, 0.4) is 0 Å². The first kappa shape index (κ1) is 24.4. The van der Waals surface area contributed by atoms with Crippen LogP contribution in [0.5, 0.6) is 5.75 Å². The van der Waals surface area contributed by atoms with Gasteiger partial charge in [-0.2, -0.15) is 0 Å². The van der Waals surface area contributed by atoms with Crippen molar-refractivity contribution in [3.8, 4) is 16.3 Å². The molecule has 10 heteroatoms. The second kappa shape index (κ2) is 10.7. The number of hydrogen-bond donors (Lipinski definition) is 1. The highest BCUT2D eigenvalue weighted by atomic mass is 32.2. The highest BCUT2D eigenvalue weighted by Crippen LogP contribution is 2.28. The SMILES string of the molecule is CCc1ccc(N(CC(=O)Nc2nnc(-c3ccc(OC)cc3)s2)S(=O)(=O)c2ccccc2)cc1. The van der Waals surface area contributed by atoms with E-state index in [0.29, 0.717) is 10.7 Å². The summed E-state index contributed by atoms with van der Waals surface area (Å²) in [7, 11) is -2.39. The van der Waals surface area contributed by atoms with Crippen molar-refractivity contribution < 1.29 is 17.9 Å². The van der Waals surface area contributed by atoms with Crippen LogP contribution < -0.4 is 14.4 Å². The van der Waals surface area contributed by atoms with Gasteiger partial charge in [0.05, 0.1) is 17.7 Å². The van der Waals surface area contributed by atoms with Gasteiger partial charge in [0.2, 0.25) is 11.0 Å². The Labute approximate surface area is 208 Å². The summed E-state index contributed by atoms with van der Waals surface area (Å²) in [4.78, 5) is 13.0. The number of hydrogen-bond acceptors (Lipinski definition) is 7. The van der Waals surface area contributed by atoms with E-state index in [-0.39, 0.29) is 10.0 Å². The molecule has 0 aliphatic heterocycles. The van der Waals surface area contributed by atoms with Crippen LogP contribution in [-0.2, 0) is 21.2 Å². The lowest BCUT2D eigenvalue weighted by Gasteiger charge is -2.24. The number of aromatic nitrogens is 2. The van der Waals surface area contributed by atoms with E-state index in [1.54, 1.807) is 37.4 Å². The Balaban J connectivity index is 1.56. The van der Waals surface area contributed by atoms with Gasteiger partial charge in [-0.05, 0) is 60.5 Å². The minimum absolute atomic E-state index is 0.102. The molecule has 0 atom stereocenters. The second-order valence-corrected chi connectivity index (χ2v) is 10.4. The summed E-state index contributed by atoms with van der Waals surface area (Å²) < 4.78 is 33.1. The third kappa shape index (κ3) is 5.67. The fourth-order valence-corrected chi connectivity index (χ4v) is 5.55. The molecule has 0 spiro atoms. The first-order valence-electron chi connectivity index (χ1n) is 10.8. The van der Waals surface area contributed by atoms with Crippen LogP contribution in [0.4, 0.5) is 10.8 Å². The summed E-state index contributed by atoms with van der Waals surface area (Å²) in [6.07, 6.45) is 0.819. The van der Waals surface area contributed by atoms with Crippen molar-refractivity contribution in [2.45, 2.75) is 18.2 Å². The maximum absolute atomic E-state index is 13.4. The molecular formula is C25H24N4O4S2. The monoisotopic (exact) mass is 508 g/mol. The van der Waals surface area contributed by atoms with E-state index >= 15 is 0 Å². The van der Waals surface area contributed by atoms with Crippen molar-refractivity contribution in [3.05, 3.63) is 84.4 Å². The number of amides is 1. The highest BCUT2D eigenvalue weighted by molar-refractivity contribution is 7.92. The maximum atomic E-state index is 13.4. The van der Waals surface area contributed by atoms with Crippen molar-refractivity contribution in [2.24, 2.45) is 0 Å². The molecule has 0 bridgehead atoms. The Kier molecular flexibility index (Phi) is 7.42. The van der Waals surface area contributed by atoms with Crippen LogP contribution in [0.25, 0.3) is 10.6 Å². The van der Waals surface area contributed by atoms with Crippen molar-refractivity contribution in [1.29, 1.82) is 0 Å². The van der Waals surface area contributed by atoms with Gasteiger partial charge in [-0.25, -0.2) is 8.42 Å². The zero-order valence-corrected chi connectivity index (χ0v) is 20.8. The van der Waals surface area contributed by atoms with Gasteiger partial charge >= 0.3 is 0 Å². The predicted molar refractivity (Wildman–Crippen MR) is 137 cm³/mol. The maximum Gasteiger partial charge on any atom is 0.264 e. The number of nitrogens with one attached hydrogen (secondary N) is 1. The lowest BCUT2D eigenvalue weighted by atomic mass is 10.1. The summed E-state index contributed by atoms with van der Waals surface area (Å²) in [5.74, 6) is 0.194. The average molecular weight is 509 g/mol. The number of anilines is 2. The lowest BCUT2D eigenvalue weighted by Crippen LogP contribution is -2.38. The average Bonchev–Trinajstić information content (AvgIpc) is 3.36. The van der Waals surface area contributed by atoms with Crippen LogP contribution in [-0.4, -0.2) is 38.2 Å². The molecule has 8 nitrogen and oxygen atoms in total. The number of benzene rings is 3. The van der Waals surface area contributed by atoms with Crippen LogP contribution in [0.15, 0.2) is 83.8 Å². The standard InChI is InChI=1S/C25H24N4O4S2/c1-3-18-9-13-20(14-10-18)29(35(31,32)22-7-5-4-6-8-22)17-23(30)26-25-28-27-24(34-25)19-11-15-21(33-2)16-12-19/h4-16H,3,17H2,1-2H3,(H,26,28,30). The van der Waals surface area contributed by atoms with E-state index in [4.69, 9.17) is 4.74 Å². The summed E-state index contributed by atoms with van der Waals surface area (Å²) in [5.41, 5.74) is 2.29. The topological polar surface area (TPSA) is 101 Å². The smallest absolute Gasteiger partial charge is 0.264 e. The minimum Gasteiger partial charge on any atom is -0.497 e. The van der Waals surface area contributed by atoms with Gasteiger partial charge < -0.3 is 4.74 Å². The van der Waals surface area contributed by atoms with E-state index in [9.17, 15) is 13.2 Å². The molecule has 0 aliphatic carbocycles. The molecule has 1 N–H and O–H groups in total. The van der Waals surface area contributed by atoms with Crippen molar-refractivity contribution in [3.63, 3.8) is 0 Å². The molecule has 0 fully saturated rings. The molecule has 4 aromatic rings. The molecule has 0 unspecified atom stereocenters. The Morgan fingerprint density at radius 2 is 1.66 bits per heavy atom. The second-order valence-electron chi connectivity index (χ2n) is 7.53. The van der Waals surface area contributed by atoms with E-state index in [1.807, 2.05) is 43.3 Å². The van der Waals surface area contributed by atoms with E-state index in [2.05, 4.69) is 15.5 Å². The third-order valence-electron chi connectivity index (χ3n) is 5.26. The Hall–Kier alpha value is -3.76. The molecule has 3 aromatic carbocycles. The van der Waals surface area contributed by atoms with Crippen LogP contribution in [0.2, 0.25) is 0 Å². The van der Waals surface area contributed by atoms with Crippen molar-refractivity contribution in [2.75, 3.05) is 23.3 Å². The van der Waals surface area contributed by atoms with Crippen molar-refractivity contribution >= 4 is 38.1 Å². The van der Waals surface area contributed by atoms with Gasteiger partial charge in [0, 0.05) is 5.56 Å². The Morgan fingerprint density at radius 1 is 0.971 bits per heavy atom. The van der Waals surface area contributed by atoms with Crippen molar-refractivity contribution in [1.82, 2.24) is 10.2 Å². The van der Waals surface area contributed by atoms with Gasteiger partial charge in [-0.15, -0.1) is 10.2 Å². The quantitative estimate of drug-likeness (QED) is 0.354. The number of carbonyl (C=O) groups is 1. The molecular weight excluding hydrogens is 484 g/mol. The zero-order chi connectivity index (χ0) is 24.8. The molecule has 4 rings (SSSR count). The van der Waals surface area contributed by atoms with Gasteiger partial charge in [-0.1, -0.05) is 48.6 Å². The highest BCUT2D eigenvalue weighted by Gasteiger charge is 2.27. The zero-order valence-electron chi connectivity index (χ0n) is 19.2. The van der Waals surface area contributed by atoms with E-state index in [0.717, 1.165) is 27.6 Å². The number of carbonyl (C=O) groups excluding carboxylic acids is 1. The normalized spacial score (nSPS) is 11.1. The number of rotatable bonds is 9. The molecule has 1 heterocycles. The molecule has 1 amide bonds. The van der Waals surface area contributed by atoms with E-state index < -0.39 is 22.5 Å². The van der Waals surface area contributed by atoms with Crippen LogP contribution in [0, 0.1) is 0 Å². The number of nitrogens with zero attached hydrogens (tertiary/aromatic N) is 3. The van der Waals surface area contributed by atoms with E-state index in [1.165, 1.54) is 23.5 Å². The number of ether oxygens (including phenoxy) is 1. The molecule has 180 valence electrons. The number of methoxy groups -OCH3 is 1. The predicted octanol–water partition coefficient (Wildman–Crippen LogP) is 4.61. The number of sulfonamides is 1. The van der Waals surface area contributed by atoms with Crippen LogP contribution in [0.1, 0.15) is 12.5 Å². The van der Waals surface area contributed by atoms with Gasteiger partial charge in [-0.3, -0.25) is 14.4 Å². The molecule has 0 saturated heterocycles.